The standard InChI is InChI=1S/C41H28N2/c1-27-12-13-28-14-19-32(24-34(28)23-27)41-37-10-4-2-8-35(37)40(36-9-3-5-11-38(36)41)30-17-15-29(16-18-30)39-25-31(20-22-43-39)33-7-6-21-42-26-33/h2-26H,1H3. The molecule has 0 amide bonds. The Morgan fingerprint density at radius 2 is 1.05 bits per heavy atom. The van der Waals surface area contributed by atoms with Gasteiger partial charge in [0, 0.05) is 29.7 Å². The number of aryl methyl sites for hydroxylation is 1. The molecular weight excluding hydrogens is 520 g/mol. The van der Waals surface area contributed by atoms with Crippen molar-refractivity contribution in [3.63, 3.8) is 0 Å². The SMILES string of the molecule is Cc1ccc2ccc(-c3c4ccccc4c(-c4ccc(-c5cc(-c6cccnc6)ccn5)cc4)c4ccccc34)cc2c1. The molecule has 2 heterocycles. The van der Waals surface area contributed by atoms with Crippen molar-refractivity contribution in [1.82, 2.24) is 9.97 Å². The Morgan fingerprint density at radius 3 is 1.72 bits per heavy atom. The van der Waals surface area contributed by atoms with Gasteiger partial charge in [0.05, 0.1) is 5.69 Å². The molecule has 0 bridgehead atoms. The van der Waals surface area contributed by atoms with E-state index in [1.807, 2.05) is 24.5 Å². The summed E-state index contributed by atoms with van der Waals surface area (Å²) < 4.78 is 0. The second-order valence-electron chi connectivity index (χ2n) is 11.2. The summed E-state index contributed by atoms with van der Waals surface area (Å²) in [6.45, 7) is 2.16. The highest BCUT2D eigenvalue weighted by Crippen LogP contribution is 2.44. The van der Waals surface area contributed by atoms with Crippen LogP contribution in [-0.2, 0) is 0 Å². The molecule has 0 radical (unpaired) electrons. The van der Waals surface area contributed by atoms with Gasteiger partial charge in [0.1, 0.15) is 0 Å². The van der Waals surface area contributed by atoms with Gasteiger partial charge in [-0.05, 0) is 91.3 Å². The maximum Gasteiger partial charge on any atom is 0.0708 e. The van der Waals surface area contributed by atoms with Crippen molar-refractivity contribution in [1.29, 1.82) is 0 Å². The van der Waals surface area contributed by atoms with Crippen LogP contribution < -0.4 is 0 Å². The predicted octanol–water partition coefficient (Wildman–Crippen LogP) is 10.9. The minimum atomic E-state index is 0.949. The van der Waals surface area contributed by atoms with E-state index in [-0.39, 0.29) is 0 Å². The topological polar surface area (TPSA) is 25.8 Å². The zero-order chi connectivity index (χ0) is 28.8. The zero-order valence-corrected chi connectivity index (χ0v) is 23.8. The average molecular weight is 549 g/mol. The highest BCUT2D eigenvalue weighted by atomic mass is 14.7. The zero-order valence-electron chi connectivity index (χ0n) is 23.8. The summed E-state index contributed by atoms with van der Waals surface area (Å²) in [7, 11) is 0. The summed E-state index contributed by atoms with van der Waals surface area (Å²) in [5.74, 6) is 0. The molecule has 0 saturated carbocycles. The summed E-state index contributed by atoms with van der Waals surface area (Å²) in [4.78, 5) is 8.97. The molecule has 2 nitrogen and oxygen atoms in total. The molecule has 202 valence electrons. The van der Waals surface area contributed by atoms with Gasteiger partial charge in [-0.25, -0.2) is 0 Å². The third-order valence-corrected chi connectivity index (χ3v) is 8.44. The molecule has 0 N–H and O–H groups in total. The molecule has 0 unspecified atom stereocenters. The number of hydrogen-bond donors (Lipinski definition) is 0. The van der Waals surface area contributed by atoms with Gasteiger partial charge in [0.2, 0.25) is 0 Å². The summed E-state index contributed by atoms with van der Waals surface area (Å²) in [6.07, 6.45) is 5.56. The number of aromatic nitrogens is 2. The van der Waals surface area contributed by atoms with Crippen LogP contribution in [0.3, 0.4) is 0 Å². The van der Waals surface area contributed by atoms with Crippen LogP contribution in [0.1, 0.15) is 5.56 Å². The van der Waals surface area contributed by atoms with E-state index < -0.39 is 0 Å². The van der Waals surface area contributed by atoms with Gasteiger partial charge in [-0.1, -0.05) is 115 Å². The first-order chi connectivity index (χ1) is 21.2. The summed E-state index contributed by atoms with van der Waals surface area (Å²) in [6, 6.07) is 48.3. The van der Waals surface area contributed by atoms with E-state index >= 15 is 0 Å². The molecule has 8 rings (SSSR count). The normalized spacial score (nSPS) is 11.4. The van der Waals surface area contributed by atoms with Crippen molar-refractivity contribution >= 4 is 32.3 Å². The quantitative estimate of drug-likeness (QED) is 0.204. The van der Waals surface area contributed by atoms with Crippen LogP contribution in [0, 0.1) is 6.92 Å². The fourth-order valence-electron chi connectivity index (χ4n) is 6.38. The molecule has 0 aliphatic rings. The molecule has 0 fully saturated rings. The lowest BCUT2D eigenvalue weighted by molar-refractivity contribution is 1.30. The van der Waals surface area contributed by atoms with Gasteiger partial charge >= 0.3 is 0 Å². The van der Waals surface area contributed by atoms with Crippen LogP contribution in [0.5, 0.6) is 0 Å². The van der Waals surface area contributed by atoms with Crippen LogP contribution in [0.2, 0.25) is 0 Å². The molecule has 0 atom stereocenters. The molecule has 43 heavy (non-hydrogen) atoms. The van der Waals surface area contributed by atoms with E-state index in [1.54, 1.807) is 6.20 Å². The van der Waals surface area contributed by atoms with Crippen molar-refractivity contribution in [3.8, 4) is 44.6 Å². The molecular formula is C41H28N2. The summed E-state index contributed by atoms with van der Waals surface area (Å²) >= 11 is 0. The van der Waals surface area contributed by atoms with Crippen LogP contribution in [0.15, 0.2) is 152 Å². The van der Waals surface area contributed by atoms with Gasteiger partial charge in [0.15, 0.2) is 0 Å². The number of rotatable bonds is 4. The summed E-state index contributed by atoms with van der Waals surface area (Å²) in [5, 5.41) is 7.57. The fourth-order valence-corrected chi connectivity index (χ4v) is 6.38. The predicted molar refractivity (Wildman–Crippen MR) is 181 cm³/mol. The third-order valence-electron chi connectivity index (χ3n) is 8.44. The third kappa shape index (κ3) is 4.45. The minimum absolute atomic E-state index is 0.949. The van der Waals surface area contributed by atoms with E-state index in [1.165, 1.54) is 60.1 Å². The molecule has 0 aliphatic carbocycles. The maximum atomic E-state index is 4.69. The van der Waals surface area contributed by atoms with E-state index in [9.17, 15) is 0 Å². The Labute approximate surface area is 251 Å². The Hall–Kier alpha value is -5.60. The number of hydrogen-bond acceptors (Lipinski definition) is 2. The van der Waals surface area contributed by atoms with Crippen LogP contribution in [0.25, 0.3) is 77.0 Å². The van der Waals surface area contributed by atoms with Gasteiger partial charge in [0.25, 0.3) is 0 Å². The van der Waals surface area contributed by atoms with Gasteiger partial charge in [-0.2, -0.15) is 0 Å². The first-order valence-electron chi connectivity index (χ1n) is 14.6. The van der Waals surface area contributed by atoms with Crippen molar-refractivity contribution in [3.05, 3.63) is 158 Å². The lowest BCUT2D eigenvalue weighted by atomic mass is 9.85. The lowest BCUT2D eigenvalue weighted by Crippen LogP contribution is -1.91. The Kier molecular flexibility index (Phi) is 6.05. The second kappa shape index (κ2) is 10.3. The molecule has 6 aromatic carbocycles. The number of benzene rings is 6. The Morgan fingerprint density at radius 1 is 0.419 bits per heavy atom. The van der Waals surface area contributed by atoms with E-state index in [2.05, 4.69) is 138 Å². The van der Waals surface area contributed by atoms with Crippen LogP contribution >= 0.6 is 0 Å². The molecule has 8 aromatic rings. The summed E-state index contributed by atoms with van der Waals surface area (Å²) in [5.41, 5.74) is 10.5. The van der Waals surface area contributed by atoms with E-state index in [4.69, 9.17) is 0 Å². The highest BCUT2D eigenvalue weighted by molar-refractivity contribution is 6.21. The largest absolute Gasteiger partial charge is 0.264 e. The first kappa shape index (κ1) is 25.1. The Balaban J connectivity index is 1.29. The molecule has 0 spiro atoms. The lowest BCUT2D eigenvalue weighted by Gasteiger charge is -2.18. The van der Waals surface area contributed by atoms with Crippen molar-refractivity contribution in [2.24, 2.45) is 0 Å². The van der Waals surface area contributed by atoms with Gasteiger partial charge in [-0.3, -0.25) is 9.97 Å². The van der Waals surface area contributed by atoms with Crippen molar-refractivity contribution in [2.45, 2.75) is 6.92 Å². The second-order valence-corrected chi connectivity index (χ2v) is 11.2. The smallest absolute Gasteiger partial charge is 0.0708 e. The molecule has 0 saturated heterocycles. The number of nitrogens with zero attached hydrogens (tertiary/aromatic N) is 2. The fraction of sp³-hybridized carbons (Fsp3) is 0.0244. The Bertz CT molecular complexity index is 2230. The minimum Gasteiger partial charge on any atom is -0.264 e. The van der Waals surface area contributed by atoms with Crippen LogP contribution in [0.4, 0.5) is 0 Å². The van der Waals surface area contributed by atoms with E-state index in [0.29, 0.717) is 0 Å². The molecule has 0 aliphatic heterocycles. The highest BCUT2D eigenvalue weighted by Gasteiger charge is 2.17. The van der Waals surface area contributed by atoms with Gasteiger partial charge in [-0.15, -0.1) is 0 Å². The van der Waals surface area contributed by atoms with Gasteiger partial charge < -0.3 is 0 Å². The average Bonchev–Trinajstić information content (AvgIpc) is 3.07. The number of fused-ring (bicyclic) bond motifs is 3. The van der Waals surface area contributed by atoms with Crippen molar-refractivity contribution in [2.75, 3.05) is 0 Å². The van der Waals surface area contributed by atoms with Crippen LogP contribution in [-0.4, -0.2) is 9.97 Å². The monoisotopic (exact) mass is 548 g/mol. The number of pyridine rings is 2. The maximum absolute atomic E-state index is 4.69. The van der Waals surface area contributed by atoms with Crippen molar-refractivity contribution < 1.29 is 0 Å². The first-order valence-corrected chi connectivity index (χ1v) is 14.6. The van der Waals surface area contributed by atoms with E-state index in [0.717, 1.165) is 22.4 Å². The molecule has 2 heteroatoms. The molecule has 2 aromatic heterocycles.